The first-order valence-electron chi connectivity index (χ1n) is 4.81. The summed E-state index contributed by atoms with van der Waals surface area (Å²) in [6, 6.07) is 0. The zero-order chi connectivity index (χ0) is 8.32. The van der Waals surface area contributed by atoms with Crippen LogP contribution in [0.25, 0.3) is 0 Å². The summed E-state index contributed by atoms with van der Waals surface area (Å²) in [7, 11) is 2.05. The molecule has 1 saturated carbocycles. The van der Waals surface area contributed by atoms with Gasteiger partial charge in [-0.2, -0.15) is 0 Å². The van der Waals surface area contributed by atoms with Gasteiger partial charge in [0.25, 0.3) is 0 Å². The fourth-order valence-electron chi connectivity index (χ4n) is 2.31. The second kappa shape index (κ2) is 3.57. The van der Waals surface area contributed by atoms with E-state index in [-0.39, 0.29) is 0 Å². The molecule has 0 aromatic heterocycles. The third-order valence-electron chi connectivity index (χ3n) is 3.09. The van der Waals surface area contributed by atoms with Gasteiger partial charge in [0.2, 0.25) is 0 Å². The average Bonchev–Trinajstić information content (AvgIpc) is 2.37. The van der Waals surface area contributed by atoms with E-state index < -0.39 is 0 Å². The summed E-state index contributed by atoms with van der Waals surface area (Å²) < 4.78 is 0. The Kier molecular flexibility index (Phi) is 2.94. The molecule has 1 rings (SSSR count). The third-order valence-corrected chi connectivity index (χ3v) is 3.09. The first-order valence-corrected chi connectivity index (χ1v) is 4.81. The highest BCUT2D eigenvalue weighted by atomic mass is 14.8. The molecule has 0 aliphatic heterocycles. The van der Waals surface area contributed by atoms with Gasteiger partial charge in [-0.1, -0.05) is 26.7 Å². The van der Waals surface area contributed by atoms with E-state index in [1.165, 1.54) is 25.7 Å². The average molecular weight is 155 g/mol. The van der Waals surface area contributed by atoms with Gasteiger partial charge in [-0.05, 0) is 31.2 Å². The lowest BCUT2D eigenvalue weighted by Crippen LogP contribution is -2.32. The van der Waals surface area contributed by atoms with Crippen LogP contribution >= 0.6 is 0 Å². The highest BCUT2D eigenvalue weighted by Crippen LogP contribution is 2.38. The van der Waals surface area contributed by atoms with Crippen LogP contribution < -0.4 is 5.32 Å². The minimum Gasteiger partial charge on any atom is -0.319 e. The molecular weight excluding hydrogens is 134 g/mol. The fourth-order valence-corrected chi connectivity index (χ4v) is 2.31. The molecule has 1 aliphatic carbocycles. The molecule has 0 bridgehead atoms. The zero-order valence-electron chi connectivity index (χ0n) is 8.11. The molecular formula is C10H21N. The van der Waals surface area contributed by atoms with E-state index >= 15 is 0 Å². The largest absolute Gasteiger partial charge is 0.319 e. The van der Waals surface area contributed by atoms with Gasteiger partial charge in [0.1, 0.15) is 0 Å². The number of hydrogen-bond donors (Lipinski definition) is 1. The summed E-state index contributed by atoms with van der Waals surface area (Å²) in [5.74, 6) is 0.968. The molecule has 0 saturated heterocycles. The Bertz CT molecular complexity index is 112. The van der Waals surface area contributed by atoms with Gasteiger partial charge in [0, 0.05) is 6.54 Å². The Hall–Kier alpha value is -0.0400. The Balaban J connectivity index is 2.41. The molecule has 1 fully saturated rings. The first kappa shape index (κ1) is 9.05. The second-order valence-corrected chi connectivity index (χ2v) is 4.50. The van der Waals surface area contributed by atoms with Gasteiger partial charge in [-0.15, -0.1) is 0 Å². The van der Waals surface area contributed by atoms with Gasteiger partial charge < -0.3 is 5.32 Å². The van der Waals surface area contributed by atoms with Gasteiger partial charge in [-0.25, -0.2) is 0 Å². The Morgan fingerprint density at radius 1 is 1.27 bits per heavy atom. The quantitative estimate of drug-likeness (QED) is 0.660. The Morgan fingerprint density at radius 3 is 2.27 bits per heavy atom. The van der Waals surface area contributed by atoms with Crippen molar-refractivity contribution in [1.29, 1.82) is 0 Å². The van der Waals surface area contributed by atoms with Crippen LogP contribution in [0.1, 0.15) is 39.5 Å². The fraction of sp³-hybridized carbons (Fsp3) is 1.00. The molecule has 0 unspecified atom stereocenters. The van der Waals surface area contributed by atoms with Crippen LogP contribution in [-0.4, -0.2) is 13.6 Å². The van der Waals surface area contributed by atoms with E-state index in [1.54, 1.807) is 0 Å². The van der Waals surface area contributed by atoms with Crippen LogP contribution in [0.15, 0.2) is 0 Å². The van der Waals surface area contributed by atoms with Crippen LogP contribution in [0.2, 0.25) is 0 Å². The maximum atomic E-state index is 3.28. The summed E-state index contributed by atoms with van der Waals surface area (Å²) in [5.41, 5.74) is 0.519. The summed E-state index contributed by atoms with van der Waals surface area (Å²) in [6.45, 7) is 5.94. The van der Waals surface area contributed by atoms with Crippen molar-refractivity contribution in [3.05, 3.63) is 0 Å². The highest BCUT2D eigenvalue weighted by molar-refractivity contribution is 4.83. The minimum atomic E-state index is 0.519. The first-order chi connectivity index (χ1) is 5.17. The second-order valence-electron chi connectivity index (χ2n) is 4.50. The van der Waals surface area contributed by atoms with Crippen molar-refractivity contribution in [2.24, 2.45) is 11.3 Å². The van der Waals surface area contributed by atoms with Crippen molar-refractivity contribution in [1.82, 2.24) is 5.32 Å². The lowest BCUT2D eigenvalue weighted by atomic mass is 9.78. The van der Waals surface area contributed by atoms with E-state index in [1.807, 2.05) is 0 Å². The van der Waals surface area contributed by atoms with E-state index in [2.05, 4.69) is 26.2 Å². The van der Waals surface area contributed by atoms with Crippen LogP contribution in [0.4, 0.5) is 0 Å². The molecule has 0 heterocycles. The van der Waals surface area contributed by atoms with Gasteiger partial charge in [-0.3, -0.25) is 0 Å². The minimum absolute atomic E-state index is 0.519. The monoisotopic (exact) mass is 155 g/mol. The Morgan fingerprint density at radius 2 is 1.82 bits per heavy atom. The maximum Gasteiger partial charge on any atom is 0.000216 e. The van der Waals surface area contributed by atoms with Crippen LogP contribution in [0, 0.1) is 11.3 Å². The third kappa shape index (κ3) is 2.19. The van der Waals surface area contributed by atoms with Crippen molar-refractivity contribution in [2.45, 2.75) is 39.5 Å². The summed E-state index contributed by atoms with van der Waals surface area (Å²) in [4.78, 5) is 0. The summed E-state index contributed by atoms with van der Waals surface area (Å²) in [6.07, 6.45) is 5.82. The predicted molar refractivity (Wildman–Crippen MR) is 49.7 cm³/mol. The lowest BCUT2D eigenvalue weighted by molar-refractivity contribution is 0.213. The maximum absolute atomic E-state index is 3.28. The SMILES string of the molecule is CNCC(C)(C)C1CCCC1. The molecule has 0 radical (unpaired) electrons. The standard InChI is InChI=1S/C10H21N/c1-10(2,8-11-3)9-6-4-5-7-9/h9,11H,4-8H2,1-3H3. The molecule has 0 spiro atoms. The topological polar surface area (TPSA) is 12.0 Å². The van der Waals surface area contributed by atoms with Crippen LogP contribution in [-0.2, 0) is 0 Å². The molecule has 0 aromatic rings. The molecule has 1 heteroatoms. The normalized spacial score (nSPS) is 21.0. The highest BCUT2D eigenvalue weighted by Gasteiger charge is 2.30. The van der Waals surface area contributed by atoms with Crippen molar-refractivity contribution in [3.8, 4) is 0 Å². The predicted octanol–water partition coefficient (Wildman–Crippen LogP) is 2.42. The van der Waals surface area contributed by atoms with E-state index in [0.29, 0.717) is 5.41 Å². The van der Waals surface area contributed by atoms with Crippen molar-refractivity contribution < 1.29 is 0 Å². The van der Waals surface area contributed by atoms with E-state index in [9.17, 15) is 0 Å². The summed E-state index contributed by atoms with van der Waals surface area (Å²) in [5, 5.41) is 3.28. The lowest BCUT2D eigenvalue weighted by Gasteiger charge is -2.31. The van der Waals surface area contributed by atoms with Crippen molar-refractivity contribution in [2.75, 3.05) is 13.6 Å². The molecule has 1 N–H and O–H groups in total. The van der Waals surface area contributed by atoms with E-state index in [4.69, 9.17) is 0 Å². The number of hydrogen-bond acceptors (Lipinski definition) is 1. The van der Waals surface area contributed by atoms with E-state index in [0.717, 1.165) is 12.5 Å². The number of nitrogens with one attached hydrogen (secondary N) is 1. The molecule has 0 amide bonds. The van der Waals surface area contributed by atoms with Crippen LogP contribution in [0.3, 0.4) is 0 Å². The molecule has 1 nitrogen and oxygen atoms in total. The smallest absolute Gasteiger partial charge is 0.000216 e. The molecule has 0 atom stereocenters. The molecule has 0 aromatic carbocycles. The van der Waals surface area contributed by atoms with Crippen LogP contribution in [0.5, 0.6) is 0 Å². The number of rotatable bonds is 3. The Labute approximate surface area is 70.6 Å². The molecule has 66 valence electrons. The van der Waals surface area contributed by atoms with Crippen molar-refractivity contribution in [3.63, 3.8) is 0 Å². The zero-order valence-corrected chi connectivity index (χ0v) is 8.11. The van der Waals surface area contributed by atoms with Gasteiger partial charge in [0.15, 0.2) is 0 Å². The molecule has 1 aliphatic rings. The summed E-state index contributed by atoms with van der Waals surface area (Å²) >= 11 is 0. The van der Waals surface area contributed by atoms with Gasteiger partial charge >= 0.3 is 0 Å². The van der Waals surface area contributed by atoms with Gasteiger partial charge in [0.05, 0.1) is 0 Å². The van der Waals surface area contributed by atoms with Crippen molar-refractivity contribution >= 4 is 0 Å². The molecule has 11 heavy (non-hydrogen) atoms.